The van der Waals surface area contributed by atoms with Gasteiger partial charge in [0.15, 0.2) is 17.2 Å². The Labute approximate surface area is 233 Å². The van der Waals surface area contributed by atoms with E-state index >= 15 is 0 Å². The third-order valence-corrected chi connectivity index (χ3v) is 9.75. The molecule has 4 rings (SSSR count). The number of fused-ring (bicyclic) bond motifs is 2. The van der Waals surface area contributed by atoms with Gasteiger partial charge in [-0.1, -0.05) is 44.3 Å². The Morgan fingerprint density at radius 3 is 2.56 bits per heavy atom. The largest absolute Gasteiger partial charge is 0.460 e. The number of rotatable bonds is 14. The summed E-state index contributed by atoms with van der Waals surface area (Å²) in [5.74, 6) is -1.24. The molecule has 0 aromatic heterocycles. The summed E-state index contributed by atoms with van der Waals surface area (Å²) in [4.78, 5) is 41.7. The van der Waals surface area contributed by atoms with Crippen molar-refractivity contribution in [2.45, 2.75) is 134 Å². The molecule has 5 N–H and O–H groups in total. The number of quaternary nitrogens is 1. The molecule has 0 aromatic carbocycles. The second kappa shape index (κ2) is 13.4. The van der Waals surface area contributed by atoms with Gasteiger partial charge in [0.1, 0.15) is 12.3 Å². The van der Waals surface area contributed by atoms with Gasteiger partial charge >= 0.3 is 5.97 Å². The number of piperidine rings is 1. The van der Waals surface area contributed by atoms with E-state index in [2.05, 4.69) is 19.2 Å². The number of esters is 1. The highest BCUT2D eigenvalue weighted by atomic mass is 16.7. The maximum Gasteiger partial charge on any atom is 0.350 e. The molecule has 4 aliphatic rings. The van der Waals surface area contributed by atoms with E-state index in [1.165, 1.54) is 0 Å². The zero-order valence-corrected chi connectivity index (χ0v) is 24.1. The number of unbranched alkanes of at least 4 members (excludes halogenated alkanes) is 2. The molecular formula is C31H51N2O6+. The van der Waals surface area contributed by atoms with Crippen LogP contribution in [0.2, 0.25) is 0 Å². The molecule has 0 aromatic rings. The van der Waals surface area contributed by atoms with Crippen LogP contribution in [-0.2, 0) is 23.9 Å². The second-order valence-corrected chi connectivity index (χ2v) is 12.6. The number of hydrogen-bond acceptors (Lipinski definition) is 7. The molecule has 39 heavy (non-hydrogen) atoms. The number of nitrogens with two attached hydrogens (primary N) is 2. The molecule has 2 aliphatic carbocycles. The Morgan fingerprint density at radius 1 is 1.15 bits per heavy atom. The first kappa shape index (κ1) is 30.4. The first-order valence-corrected chi connectivity index (χ1v) is 15.6. The van der Waals surface area contributed by atoms with E-state index in [4.69, 9.17) is 15.2 Å². The fourth-order valence-corrected chi connectivity index (χ4v) is 7.32. The Kier molecular flexibility index (Phi) is 10.4. The van der Waals surface area contributed by atoms with Crippen molar-refractivity contribution in [2.75, 3.05) is 13.2 Å². The van der Waals surface area contributed by atoms with Crippen molar-refractivity contribution in [3.8, 4) is 0 Å². The Hall–Kier alpha value is -1.61. The Balaban J connectivity index is 1.50. The van der Waals surface area contributed by atoms with Crippen molar-refractivity contribution in [1.29, 1.82) is 0 Å². The van der Waals surface area contributed by atoms with E-state index in [0.717, 1.165) is 69.9 Å². The van der Waals surface area contributed by atoms with Crippen LogP contribution in [0.1, 0.15) is 110 Å². The number of aliphatic hydroxyl groups excluding tert-OH is 1. The lowest BCUT2D eigenvalue weighted by Gasteiger charge is -2.37. The van der Waals surface area contributed by atoms with Crippen LogP contribution >= 0.6 is 0 Å². The van der Waals surface area contributed by atoms with Crippen LogP contribution in [0.15, 0.2) is 11.6 Å². The normalized spacial score (nSPS) is 35.2. The molecule has 7 atom stereocenters. The summed E-state index contributed by atoms with van der Waals surface area (Å²) in [7, 11) is 0. The first-order chi connectivity index (χ1) is 18.8. The number of ether oxygens (including phenoxy) is 2. The van der Waals surface area contributed by atoms with Crippen LogP contribution in [0.5, 0.6) is 0 Å². The van der Waals surface area contributed by atoms with Gasteiger partial charge in [-0.25, -0.2) is 4.79 Å². The van der Waals surface area contributed by atoms with Crippen LogP contribution < -0.4 is 11.1 Å². The fourth-order valence-electron chi connectivity index (χ4n) is 7.32. The second-order valence-electron chi connectivity index (χ2n) is 12.6. The molecule has 8 heteroatoms. The number of allylic oxidation sites excluding steroid dienone is 1. The van der Waals surface area contributed by atoms with Gasteiger partial charge in [0.2, 0.25) is 0 Å². The summed E-state index contributed by atoms with van der Waals surface area (Å²) in [6.07, 6.45) is 14.0. The van der Waals surface area contributed by atoms with Gasteiger partial charge in [-0.3, -0.25) is 15.3 Å². The third kappa shape index (κ3) is 6.34. The molecule has 0 radical (unpaired) electrons. The molecule has 4 unspecified atom stereocenters. The highest BCUT2D eigenvalue weighted by Gasteiger charge is 2.87. The molecular weight excluding hydrogens is 496 g/mol. The van der Waals surface area contributed by atoms with Gasteiger partial charge in [-0.15, -0.1) is 0 Å². The lowest BCUT2D eigenvalue weighted by molar-refractivity contribution is -0.699. The number of Topliss-reactive ketones (excluding diaryl/α,β-unsaturated/α-hetero) is 2. The zero-order chi connectivity index (χ0) is 28.0. The molecule has 220 valence electrons. The standard InChI is InChI=1S/C31H50N2O6/c1-3-4-5-9-23(10-8-19-34)38-29(37)31-28(36)25-12-7-6-11-24(25)27(35)30(31,39-31)17-15-21(2)13-14-22-16-18-33-26(32)20-22/h15,22-26,33-34H,3-14,16-20,32H2,1-2H3/p+1/t22?,23-,24?,25?,26?,30+,31+/m1/s1. The molecule has 0 bridgehead atoms. The van der Waals surface area contributed by atoms with Gasteiger partial charge in [0.25, 0.3) is 5.60 Å². The van der Waals surface area contributed by atoms with E-state index in [-0.39, 0.29) is 36.7 Å². The minimum Gasteiger partial charge on any atom is -0.460 e. The number of ketones is 2. The summed E-state index contributed by atoms with van der Waals surface area (Å²) in [5.41, 5.74) is 4.02. The van der Waals surface area contributed by atoms with Crippen molar-refractivity contribution < 1.29 is 34.3 Å². The van der Waals surface area contributed by atoms with Crippen LogP contribution in [0.4, 0.5) is 0 Å². The lowest BCUT2D eigenvalue weighted by atomic mass is 9.61. The van der Waals surface area contributed by atoms with Gasteiger partial charge in [-0.2, -0.15) is 0 Å². The molecule has 4 fully saturated rings. The van der Waals surface area contributed by atoms with Gasteiger partial charge in [0.05, 0.1) is 6.54 Å². The van der Waals surface area contributed by atoms with Crippen LogP contribution in [0.25, 0.3) is 0 Å². The van der Waals surface area contributed by atoms with Crippen molar-refractivity contribution in [3.63, 3.8) is 0 Å². The summed E-state index contributed by atoms with van der Waals surface area (Å²) >= 11 is 0. The quantitative estimate of drug-likeness (QED) is 0.0999. The molecule has 8 nitrogen and oxygen atoms in total. The fraction of sp³-hybridized carbons (Fsp3) is 0.839. The molecule has 2 heterocycles. The van der Waals surface area contributed by atoms with Gasteiger partial charge in [-0.05, 0) is 70.6 Å². The van der Waals surface area contributed by atoms with Crippen molar-refractivity contribution >= 4 is 17.5 Å². The van der Waals surface area contributed by atoms with E-state index in [0.29, 0.717) is 38.0 Å². The van der Waals surface area contributed by atoms with Crippen molar-refractivity contribution in [2.24, 2.45) is 23.5 Å². The monoisotopic (exact) mass is 547 g/mol. The van der Waals surface area contributed by atoms with Crippen LogP contribution in [0.3, 0.4) is 0 Å². The topological polar surface area (TPSA) is 136 Å². The van der Waals surface area contributed by atoms with E-state index in [1.807, 2.05) is 6.08 Å². The highest BCUT2D eigenvalue weighted by Crippen LogP contribution is 2.61. The van der Waals surface area contributed by atoms with Gasteiger partial charge < -0.3 is 19.9 Å². The number of carbonyl (C=O) groups excluding carboxylic acids is 3. The average Bonchev–Trinajstić information content (AvgIpc) is 3.65. The minimum absolute atomic E-state index is 0.0176. The maximum atomic E-state index is 13.9. The maximum absolute atomic E-state index is 13.9. The zero-order valence-electron chi connectivity index (χ0n) is 24.1. The average molecular weight is 548 g/mol. The molecule has 2 aliphatic heterocycles. The van der Waals surface area contributed by atoms with Crippen molar-refractivity contribution in [1.82, 2.24) is 0 Å². The molecule has 0 spiro atoms. The number of epoxide rings is 1. The van der Waals surface area contributed by atoms with Crippen LogP contribution in [0, 0.1) is 17.8 Å². The highest BCUT2D eigenvalue weighted by molar-refractivity contribution is 6.23. The van der Waals surface area contributed by atoms with E-state index in [1.54, 1.807) is 0 Å². The Bertz CT molecular complexity index is 921. The van der Waals surface area contributed by atoms with E-state index < -0.39 is 29.2 Å². The smallest absolute Gasteiger partial charge is 0.350 e. The summed E-state index contributed by atoms with van der Waals surface area (Å²) in [6, 6.07) is 0. The first-order valence-electron chi connectivity index (χ1n) is 15.6. The SMILES string of the molecule is CCCCC[C@H](CCCO)OC(=O)[C@]12O[C@@]1(CC=C(C)CCC1CC[NH2+]C(N)C1)C(=O)C1CCCCC1C2=O. The summed E-state index contributed by atoms with van der Waals surface area (Å²) in [5, 5.41) is 11.6. The lowest BCUT2D eigenvalue weighted by Crippen LogP contribution is -2.94. The molecule has 0 amide bonds. The van der Waals surface area contributed by atoms with Gasteiger partial charge in [0, 0.05) is 31.3 Å². The number of hydrogen-bond donors (Lipinski definition) is 3. The third-order valence-electron chi connectivity index (χ3n) is 9.75. The Morgan fingerprint density at radius 2 is 1.87 bits per heavy atom. The number of carbonyl (C=O) groups is 3. The predicted molar refractivity (Wildman–Crippen MR) is 147 cm³/mol. The predicted octanol–water partition coefficient (Wildman–Crippen LogP) is 3.09. The minimum atomic E-state index is -1.81. The summed E-state index contributed by atoms with van der Waals surface area (Å²) in [6.45, 7) is 5.26. The van der Waals surface area contributed by atoms with Crippen LogP contribution in [-0.4, -0.2) is 59.3 Å². The number of aliphatic hydroxyl groups is 1. The van der Waals surface area contributed by atoms with Crippen molar-refractivity contribution in [3.05, 3.63) is 11.6 Å². The van der Waals surface area contributed by atoms with E-state index in [9.17, 15) is 19.5 Å². The molecule has 2 saturated heterocycles. The molecule has 2 saturated carbocycles. The summed E-state index contributed by atoms with van der Waals surface area (Å²) < 4.78 is 12.1.